The van der Waals surface area contributed by atoms with E-state index in [9.17, 15) is 0 Å². The number of hydrogen-bond donors (Lipinski definition) is 0. The van der Waals surface area contributed by atoms with E-state index in [1.807, 2.05) is 24.3 Å². The summed E-state index contributed by atoms with van der Waals surface area (Å²) in [5, 5.41) is 2.36. The number of para-hydroxylation sites is 3. The van der Waals surface area contributed by atoms with Crippen molar-refractivity contribution in [2.75, 3.05) is 4.90 Å². The lowest BCUT2D eigenvalue weighted by Crippen LogP contribution is -2.15. The number of rotatable bonds is 6. The zero-order valence-corrected chi connectivity index (χ0v) is 33.9. The third kappa shape index (κ3) is 6.36. The Morgan fingerprint density at radius 3 is 1.56 bits per heavy atom. The van der Waals surface area contributed by atoms with Crippen LogP contribution in [0.4, 0.5) is 17.1 Å². The molecule has 0 unspecified atom stereocenters. The molecule has 4 heteroatoms. The molecule has 4 nitrogen and oxygen atoms in total. The monoisotopic (exact) mass is 780 g/mol. The molecule has 11 rings (SSSR count). The lowest BCUT2D eigenvalue weighted by molar-refractivity contribution is 0.661. The van der Waals surface area contributed by atoms with E-state index in [1.54, 1.807) is 0 Å². The highest BCUT2D eigenvalue weighted by Crippen LogP contribution is 2.51. The molecule has 0 fully saturated rings. The van der Waals surface area contributed by atoms with E-state index in [0.717, 1.165) is 61.7 Å². The fourth-order valence-electron chi connectivity index (χ4n) is 8.98. The van der Waals surface area contributed by atoms with Crippen molar-refractivity contribution < 1.29 is 0 Å². The predicted octanol–water partition coefficient (Wildman–Crippen LogP) is 14.1. The second-order valence-corrected chi connectivity index (χ2v) is 16.1. The van der Waals surface area contributed by atoms with Gasteiger partial charge in [0.15, 0.2) is 0 Å². The molecule has 2 heterocycles. The third-order valence-electron chi connectivity index (χ3n) is 12.0. The van der Waals surface area contributed by atoms with Gasteiger partial charge in [-0.3, -0.25) is 4.57 Å². The second kappa shape index (κ2) is 14.7. The maximum atomic E-state index is 5.27. The summed E-state index contributed by atoms with van der Waals surface area (Å²) < 4.78 is 2.25. The SMILES string of the molecule is CC1(C)c2cc(C#Cc3ccc(N(c4ccccc4)c4ccccc4)cc3)ccc2-c2cc3c(cc21)c1ccccc1n3-c1nc(-c2ccccc2)cc(-c2ccccc2)n1. The summed E-state index contributed by atoms with van der Waals surface area (Å²) in [4.78, 5) is 12.8. The van der Waals surface area contributed by atoms with Gasteiger partial charge >= 0.3 is 0 Å². The molecular weight excluding hydrogens is 741 g/mol. The molecule has 0 bridgehead atoms. The number of nitrogens with zero attached hydrogens (tertiary/aromatic N) is 4. The Labute approximate surface area is 356 Å². The van der Waals surface area contributed by atoms with Gasteiger partial charge < -0.3 is 4.90 Å². The molecule has 8 aromatic carbocycles. The largest absolute Gasteiger partial charge is 0.311 e. The van der Waals surface area contributed by atoms with E-state index >= 15 is 0 Å². The van der Waals surface area contributed by atoms with Gasteiger partial charge in [-0.2, -0.15) is 0 Å². The topological polar surface area (TPSA) is 34.0 Å². The summed E-state index contributed by atoms with van der Waals surface area (Å²) in [5.41, 5.74) is 16.1. The molecule has 0 radical (unpaired) electrons. The molecule has 1 aliphatic carbocycles. The molecule has 2 aromatic heterocycles. The molecular formula is C57H40N4. The lowest BCUT2D eigenvalue weighted by atomic mass is 9.81. The van der Waals surface area contributed by atoms with Crippen LogP contribution in [0, 0.1) is 11.8 Å². The van der Waals surface area contributed by atoms with Gasteiger partial charge in [0.1, 0.15) is 0 Å². The van der Waals surface area contributed by atoms with E-state index in [1.165, 1.54) is 33.0 Å². The average molecular weight is 781 g/mol. The molecule has 0 saturated heterocycles. The van der Waals surface area contributed by atoms with Gasteiger partial charge in [0.25, 0.3) is 0 Å². The first kappa shape index (κ1) is 36.1. The van der Waals surface area contributed by atoms with Gasteiger partial charge in [-0.15, -0.1) is 0 Å². The Balaban J connectivity index is 0.986. The van der Waals surface area contributed by atoms with Crippen LogP contribution in [0.5, 0.6) is 0 Å². The number of aromatic nitrogens is 3. The fraction of sp³-hybridized carbons (Fsp3) is 0.0526. The zero-order chi connectivity index (χ0) is 40.9. The van der Waals surface area contributed by atoms with Crippen LogP contribution in [0.25, 0.3) is 61.4 Å². The van der Waals surface area contributed by atoms with E-state index in [0.29, 0.717) is 5.95 Å². The molecule has 288 valence electrons. The van der Waals surface area contributed by atoms with Crippen LogP contribution in [0.15, 0.2) is 206 Å². The fourth-order valence-corrected chi connectivity index (χ4v) is 8.98. The van der Waals surface area contributed by atoms with Crippen LogP contribution in [0.2, 0.25) is 0 Å². The summed E-state index contributed by atoms with van der Waals surface area (Å²) in [6, 6.07) is 72.4. The summed E-state index contributed by atoms with van der Waals surface area (Å²) in [5.74, 6) is 7.61. The highest BCUT2D eigenvalue weighted by molar-refractivity contribution is 6.11. The highest BCUT2D eigenvalue weighted by Gasteiger charge is 2.36. The Kier molecular flexibility index (Phi) is 8.69. The maximum Gasteiger partial charge on any atom is 0.235 e. The van der Waals surface area contributed by atoms with Crippen LogP contribution in [0.1, 0.15) is 36.1 Å². The smallest absolute Gasteiger partial charge is 0.235 e. The van der Waals surface area contributed by atoms with Gasteiger partial charge in [-0.05, 0) is 107 Å². The summed E-state index contributed by atoms with van der Waals surface area (Å²) in [6.45, 7) is 4.67. The number of benzene rings is 8. The minimum atomic E-state index is -0.232. The Morgan fingerprint density at radius 1 is 0.426 bits per heavy atom. The third-order valence-corrected chi connectivity index (χ3v) is 12.0. The maximum absolute atomic E-state index is 5.27. The first-order chi connectivity index (χ1) is 30.0. The van der Waals surface area contributed by atoms with Crippen LogP contribution < -0.4 is 4.90 Å². The van der Waals surface area contributed by atoms with E-state index in [2.05, 4.69) is 217 Å². The summed E-state index contributed by atoms with van der Waals surface area (Å²) >= 11 is 0. The molecule has 1 aliphatic rings. The number of fused-ring (bicyclic) bond motifs is 6. The van der Waals surface area contributed by atoms with Crippen LogP contribution in [0.3, 0.4) is 0 Å². The molecule has 61 heavy (non-hydrogen) atoms. The quantitative estimate of drug-likeness (QED) is 0.158. The van der Waals surface area contributed by atoms with E-state index < -0.39 is 0 Å². The minimum Gasteiger partial charge on any atom is -0.311 e. The van der Waals surface area contributed by atoms with Crippen molar-refractivity contribution in [3.8, 4) is 51.4 Å². The second-order valence-electron chi connectivity index (χ2n) is 16.1. The normalized spacial score (nSPS) is 12.4. The first-order valence-corrected chi connectivity index (χ1v) is 20.7. The molecule has 0 aliphatic heterocycles. The summed E-state index contributed by atoms with van der Waals surface area (Å²) in [7, 11) is 0. The molecule has 0 N–H and O–H groups in total. The molecule has 0 atom stereocenters. The van der Waals surface area contributed by atoms with Crippen molar-refractivity contribution in [2.24, 2.45) is 0 Å². The van der Waals surface area contributed by atoms with E-state index in [-0.39, 0.29) is 5.41 Å². The average Bonchev–Trinajstić information content (AvgIpc) is 3.76. The highest BCUT2D eigenvalue weighted by atomic mass is 15.2. The van der Waals surface area contributed by atoms with Gasteiger partial charge in [0.05, 0.1) is 22.4 Å². The van der Waals surface area contributed by atoms with Crippen molar-refractivity contribution in [3.63, 3.8) is 0 Å². The van der Waals surface area contributed by atoms with Crippen LogP contribution >= 0.6 is 0 Å². The predicted molar refractivity (Wildman–Crippen MR) is 252 cm³/mol. The molecule has 0 saturated carbocycles. The van der Waals surface area contributed by atoms with Crippen molar-refractivity contribution in [1.29, 1.82) is 0 Å². The van der Waals surface area contributed by atoms with Crippen molar-refractivity contribution in [2.45, 2.75) is 19.3 Å². The lowest BCUT2D eigenvalue weighted by Gasteiger charge is -2.25. The Hall–Kier alpha value is -8.00. The standard InChI is InChI=1S/C57H40N4/c1-57(2)50-35-40(28-27-39-29-32-45(33-30-39)60(43-21-11-5-12-22-43)44-23-13-6-14-24-44)31-34-46(50)48-37-55-49(36-51(48)57)47-25-15-16-26-54(47)61(55)56-58-52(41-17-7-3-8-18-41)38-53(59-56)42-19-9-4-10-20-42/h3-26,29-38H,1-2H3. The van der Waals surface area contributed by atoms with Crippen LogP contribution in [-0.4, -0.2) is 14.5 Å². The van der Waals surface area contributed by atoms with Crippen molar-refractivity contribution in [1.82, 2.24) is 14.5 Å². The first-order valence-electron chi connectivity index (χ1n) is 20.7. The summed E-state index contributed by atoms with van der Waals surface area (Å²) in [6.07, 6.45) is 0. The molecule has 0 spiro atoms. The van der Waals surface area contributed by atoms with Crippen molar-refractivity contribution in [3.05, 3.63) is 229 Å². The van der Waals surface area contributed by atoms with Gasteiger partial charge in [0.2, 0.25) is 5.95 Å². The van der Waals surface area contributed by atoms with Gasteiger partial charge in [-0.25, -0.2) is 9.97 Å². The zero-order valence-electron chi connectivity index (χ0n) is 33.9. The Bertz CT molecular complexity index is 3210. The number of anilines is 3. The minimum absolute atomic E-state index is 0.232. The van der Waals surface area contributed by atoms with Gasteiger partial charge in [0, 0.05) is 55.5 Å². The van der Waals surface area contributed by atoms with Crippen LogP contribution in [-0.2, 0) is 5.41 Å². The molecule has 0 amide bonds. The number of hydrogen-bond acceptors (Lipinski definition) is 3. The van der Waals surface area contributed by atoms with Gasteiger partial charge in [-0.1, -0.05) is 147 Å². The van der Waals surface area contributed by atoms with Crippen molar-refractivity contribution >= 4 is 38.9 Å². The Morgan fingerprint density at radius 2 is 0.934 bits per heavy atom. The van der Waals surface area contributed by atoms with E-state index in [4.69, 9.17) is 9.97 Å². The molecule has 10 aromatic rings.